The molecule has 2 heterocycles. The number of aryl methyl sites for hydroxylation is 1. The van der Waals surface area contributed by atoms with Crippen LogP contribution < -0.4 is 5.01 Å². The maximum absolute atomic E-state index is 12.5. The van der Waals surface area contributed by atoms with Crippen LogP contribution in [-0.4, -0.2) is 40.7 Å². The van der Waals surface area contributed by atoms with Crippen molar-refractivity contribution < 1.29 is 23.9 Å². The molecule has 0 atom stereocenters. The van der Waals surface area contributed by atoms with Gasteiger partial charge in [0.25, 0.3) is 0 Å². The number of hydrogen-bond donors (Lipinski definition) is 1. The third-order valence-corrected chi connectivity index (χ3v) is 4.67. The highest BCUT2D eigenvalue weighted by Crippen LogP contribution is 2.21. The van der Waals surface area contributed by atoms with E-state index in [1.165, 1.54) is 11.9 Å². The first-order valence-corrected chi connectivity index (χ1v) is 9.15. The summed E-state index contributed by atoms with van der Waals surface area (Å²) in [6.45, 7) is 4.32. The first kappa shape index (κ1) is 20.2. The van der Waals surface area contributed by atoms with Crippen molar-refractivity contribution >= 4 is 34.8 Å². The molecule has 150 valence electrons. The third kappa shape index (κ3) is 4.16. The Morgan fingerprint density at radius 3 is 2.45 bits per heavy atom. The minimum atomic E-state index is -0.750. The van der Waals surface area contributed by atoms with Crippen molar-refractivity contribution in [2.24, 2.45) is 5.10 Å². The van der Waals surface area contributed by atoms with Gasteiger partial charge in [-0.1, -0.05) is 18.2 Å². The molecule has 29 heavy (non-hydrogen) atoms. The van der Waals surface area contributed by atoms with E-state index in [0.29, 0.717) is 22.5 Å². The summed E-state index contributed by atoms with van der Waals surface area (Å²) in [4.78, 5) is 51.5. The number of aromatic amines is 1. The number of H-pyrrole nitrogens is 1. The second-order valence-corrected chi connectivity index (χ2v) is 6.77. The summed E-state index contributed by atoms with van der Waals surface area (Å²) in [6.07, 6.45) is 0.262. The molecule has 0 unspecified atom stereocenters. The summed E-state index contributed by atoms with van der Waals surface area (Å²) in [7, 11) is 0. The quantitative estimate of drug-likeness (QED) is 0.597. The largest absolute Gasteiger partial charge is 0.453 e. The van der Waals surface area contributed by atoms with E-state index in [2.05, 4.69) is 10.1 Å². The number of amides is 1. The van der Waals surface area contributed by atoms with Crippen molar-refractivity contribution in [1.82, 2.24) is 4.98 Å². The van der Waals surface area contributed by atoms with Crippen LogP contribution in [0.4, 0.5) is 5.69 Å². The smallest absolute Gasteiger partial charge is 0.354 e. The van der Waals surface area contributed by atoms with E-state index >= 15 is 0 Å². The molecule has 1 aliphatic heterocycles. The minimum Gasteiger partial charge on any atom is -0.453 e. The van der Waals surface area contributed by atoms with Gasteiger partial charge in [-0.3, -0.25) is 14.4 Å². The maximum atomic E-state index is 12.5. The van der Waals surface area contributed by atoms with Crippen LogP contribution in [0.15, 0.2) is 35.4 Å². The van der Waals surface area contributed by atoms with Crippen LogP contribution in [0.3, 0.4) is 0 Å². The van der Waals surface area contributed by atoms with Gasteiger partial charge >= 0.3 is 5.97 Å². The van der Waals surface area contributed by atoms with Crippen LogP contribution in [0.5, 0.6) is 0 Å². The average molecular weight is 395 g/mol. The molecule has 3 rings (SSSR count). The molecule has 0 fully saturated rings. The molecule has 1 aromatic heterocycles. The van der Waals surface area contributed by atoms with Gasteiger partial charge in [-0.25, -0.2) is 9.80 Å². The first-order valence-electron chi connectivity index (χ1n) is 9.15. The molecule has 0 saturated carbocycles. The fourth-order valence-corrected chi connectivity index (χ4v) is 3.32. The van der Waals surface area contributed by atoms with Gasteiger partial charge in [0, 0.05) is 24.1 Å². The van der Waals surface area contributed by atoms with E-state index < -0.39 is 18.4 Å². The normalized spacial score (nSPS) is 13.8. The molecule has 1 amide bonds. The van der Waals surface area contributed by atoms with Crippen molar-refractivity contribution in [3.63, 3.8) is 0 Å². The van der Waals surface area contributed by atoms with Crippen LogP contribution in [0, 0.1) is 13.8 Å². The second-order valence-electron chi connectivity index (χ2n) is 6.77. The predicted molar refractivity (Wildman–Crippen MR) is 106 cm³/mol. The number of benzene rings is 1. The summed E-state index contributed by atoms with van der Waals surface area (Å²) in [6, 6.07) is 8.76. The highest BCUT2D eigenvalue weighted by atomic mass is 16.5. The lowest BCUT2D eigenvalue weighted by Gasteiger charge is -2.22. The molecular formula is C21H21N3O5. The van der Waals surface area contributed by atoms with Crippen molar-refractivity contribution in [3.05, 3.63) is 52.8 Å². The molecule has 1 N–H and O–H groups in total. The number of para-hydroxylation sites is 1. The Hall–Kier alpha value is -3.55. The molecule has 0 bridgehead atoms. The Morgan fingerprint density at radius 1 is 1.14 bits per heavy atom. The molecule has 0 spiro atoms. The first-order chi connectivity index (χ1) is 13.8. The maximum Gasteiger partial charge on any atom is 0.354 e. The molecule has 0 radical (unpaired) electrons. The fourth-order valence-electron chi connectivity index (χ4n) is 3.32. The Labute approximate surface area is 167 Å². The molecular weight excluding hydrogens is 374 g/mol. The van der Waals surface area contributed by atoms with Gasteiger partial charge in [-0.05, 0) is 38.5 Å². The minimum absolute atomic E-state index is 0.0741. The number of nitrogens with zero attached hydrogens (tertiary/aromatic N) is 2. The number of ether oxygens (including phenoxy) is 1. The summed E-state index contributed by atoms with van der Waals surface area (Å²) in [5.41, 5.74) is 2.46. The van der Waals surface area contributed by atoms with Crippen LogP contribution in [-0.2, 0) is 14.3 Å². The number of carbonyl (C=O) groups excluding carboxylic acids is 4. The molecule has 2 aromatic rings. The van der Waals surface area contributed by atoms with Gasteiger partial charge < -0.3 is 9.72 Å². The number of hydrazone groups is 1. The van der Waals surface area contributed by atoms with Crippen molar-refractivity contribution in [2.75, 3.05) is 11.6 Å². The Kier molecular flexibility index (Phi) is 5.72. The van der Waals surface area contributed by atoms with Gasteiger partial charge in [-0.2, -0.15) is 5.10 Å². The fraction of sp³-hybridized carbons (Fsp3) is 0.286. The van der Waals surface area contributed by atoms with Crippen LogP contribution in [0.1, 0.15) is 51.9 Å². The molecule has 1 aliphatic rings. The number of rotatable bonds is 6. The van der Waals surface area contributed by atoms with E-state index in [1.807, 2.05) is 6.07 Å². The van der Waals surface area contributed by atoms with Crippen molar-refractivity contribution in [1.29, 1.82) is 0 Å². The van der Waals surface area contributed by atoms with E-state index in [0.717, 1.165) is 0 Å². The number of hydrogen-bond acceptors (Lipinski definition) is 6. The Bertz CT molecular complexity index is 1020. The molecule has 0 aliphatic carbocycles. The van der Waals surface area contributed by atoms with E-state index in [1.54, 1.807) is 38.1 Å². The number of esters is 1. The number of anilines is 1. The van der Waals surface area contributed by atoms with Crippen LogP contribution in [0.25, 0.3) is 0 Å². The summed E-state index contributed by atoms with van der Waals surface area (Å²) >= 11 is 0. The highest BCUT2D eigenvalue weighted by Gasteiger charge is 2.27. The van der Waals surface area contributed by atoms with Gasteiger partial charge in [0.2, 0.25) is 11.7 Å². The standard InChI is InChI=1S/C21H21N3O5/c1-12-19(14(3)25)13(2)22-20(12)17(26)11-29-21(28)16-9-10-18(27)24(23-16)15-7-5-4-6-8-15/h4-8,22H,9-11H2,1-3H3. The van der Waals surface area contributed by atoms with Gasteiger partial charge in [0.1, 0.15) is 5.71 Å². The molecule has 8 heteroatoms. The number of carbonyl (C=O) groups is 4. The molecule has 0 saturated heterocycles. The third-order valence-electron chi connectivity index (χ3n) is 4.67. The van der Waals surface area contributed by atoms with Gasteiger partial charge in [0.05, 0.1) is 11.4 Å². The zero-order valence-electron chi connectivity index (χ0n) is 16.4. The summed E-state index contributed by atoms with van der Waals surface area (Å²) < 4.78 is 5.12. The SMILES string of the molecule is CC(=O)c1c(C)[nH]c(C(=O)COC(=O)C2=NN(c3ccccc3)C(=O)CC2)c1C. The van der Waals surface area contributed by atoms with Crippen molar-refractivity contribution in [3.8, 4) is 0 Å². The monoisotopic (exact) mass is 395 g/mol. The zero-order chi connectivity index (χ0) is 21.1. The lowest BCUT2D eigenvalue weighted by atomic mass is 10.1. The zero-order valence-corrected chi connectivity index (χ0v) is 16.4. The molecule has 1 aromatic carbocycles. The number of nitrogens with one attached hydrogen (secondary N) is 1. The lowest BCUT2D eigenvalue weighted by molar-refractivity contribution is -0.134. The second kappa shape index (κ2) is 8.22. The lowest BCUT2D eigenvalue weighted by Crippen LogP contribution is -2.35. The van der Waals surface area contributed by atoms with E-state index in [-0.39, 0.29) is 35.9 Å². The van der Waals surface area contributed by atoms with Gasteiger partial charge in [-0.15, -0.1) is 0 Å². The Morgan fingerprint density at radius 2 is 1.83 bits per heavy atom. The predicted octanol–water partition coefficient (Wildman–Crippen LogP) is 2.74. The van der Waals surface area contributed by atoms with Gasteiger partial charge in [0.15, 0.2) is 12.4 Å². The average Bonchev–Trinajstić information content (AvgIpc) is 3.01. The number of aromatic nitrogens is 1. The number of ketones is 2. The summed E-state index contributed by atoms with van der Waals surface area (Å²) in [5, 5.41) is 5.27. The highest BCUT2D eigenvalue weighted by molar-refractivity contribution is 6.38. The van der Waals surface area contributed by atoms with E-state index in [4.69, 9.17) is 4.74 Å². The molecule has 8 nitrogen and oxygen atoms in total. The van der Waals surface area contributed by atoms with Crippen LogP contribution >= 0.6 is 0 Å². The Balaban J connectivity index is 1.71. The summed E-state index contributed by atoms with van der Waals surface area (Å²) in [5.74, 6) is -1.56. The van der Waals surface area contributed by atoms with E-state index in [9.17, 15) is 19.2 Å². The number of Topliss-reactive ketones (excluding diaryl/α,β-unsaturated/α-hetero) is 2. The topological polar surface area (TPSA) is 109 Å². The van der Waals surface area contributed by atoms with Crippen LogP contribution in [0.2, 0.25) is 0 Å². The van der Waals surface area contributed by atoms with Crippen molar-refractivity contribution in [2.45, 2.75) is 33.6 Å².